The number of amides is 3. The number of rotatable bonds is 11. The van der Waals surface area contributed by atoms with Crippen molar-refractivity contribution in [3.8, 4) is 0 Å². The predicted octanol–water partition coefficient (Wildman–Crippen LogP) is 4.96. The maximum absolute atomic E-state index is 13.3. The fourth-order valence-corrected chi connectivity index (χ4v) is 7.26. The molecule has 4 N–H and O–H groups in total. The Morgan fingerprint density at radius 3 is 2.33 bits per heavy atom. The summed E-state index contributed by atoms with van der Waals surface area (Å²) in [4.78, 5) is 68.6. The summed E-state index contributed by atoms with van der Waals surface area (Å²) in [5.74, 6) is 1.25. The molecule has 54 heavy (non-hydrogen) atoms. The van der Waals surface area contributed by atoms with E-state index in [1.807, 2.05) is 35.2 Å². The first-order chi connectivity index (χ1) is 26.2. The first-order valence-corrected chi connectivity index (χ1v) is 18.6. The van der Waals surface area contributed by atoms with Crippen LogP contribution >= 0.6 is 11.6 Å². The van der Waals surface area contributed by atoms with Gasteiger partial charge in [-0.25, -0.2) is 9.97 Å². The molecule has 3 amide bonds. The van der Waals surface area contributed by atoms with E-state index < -0.39 is 6.04 Å². The van der Waals surface area contributed by atoms with Crippen LogP contribution in [0.4, 0.5) is 34.6 Å². The van der Waals surface area contributed by atoms with Crippen LogP contribution in [-0.2, 0) is 14.4 Å². The number of carbonyl (C=O) groups is 4. The van der Waals surface area contributed by atoms with Gasteiger partial charge >= 0.3 is 0 Å². The molecular formula is C39H43ClN10O4. The van der Waals surface area contributed by atoms with Gasteiger partial charge in [-0.3, -0.25) is 29.4 Å². The molecule has 3 fully saturated rings. The van der Waals surface area contributed by atoms with E-state index in [9.17, 15) is 19.2 Å². The minimum absolute atomic E-state index is 0.0732. The molecule has 3 aliphatic heterocycles. The molecule has 14 nitrogen and oxygen atoms in total. The fourth-order valence-electron chi connectivity index (χ4n) is 7.12. The van der Waals surface area contributed by atoms with Gasteiger partial charge in [0.15, 0.2) is 11.6 Å². The van der Waals surface area contributed by atoms with Crippen LogP contribution in [0.1, 0.15) is 54.4 Å². The van der Waals surface area contributed by atoms with Gasteiger partial charge in [-0.05, 0) is 87.2 Å². The third kappa shape index (κ3) is 8.95. The van der Waals surface area contributed by atoms with Crippen molar-refractivity contribution in [2.45, 2.75) is 44.6 Å². The van der Waals surface area contributed by atoms with Crippen LogP contribution in [0, 0.1) is 0 Å². The number of anilines is 6. The lowest BCUT2D eigenvalue weighted by Gasteiger charge is -2.38. The first kappa shape index (κ1) is 36.7. The molecule has 0 radical (unpaired) electrons. The highest BCUT2D eigenvalue weighted by atomic mass is 35.5. The van der Waals surface area contributed by atoms with Crippen LogP contribution < -0.4 is 26.2 Å². The third-order valence-electron chi connectivity index (χ3n) is 10.2. The maximum Gasteiger partial charge on any atom is 0.249 e. The smallest absolute Gasteiger partial charge is 0.249 e. The number of Topliss-reactive ketones (excluding diaryl/α,β-unsaturated/α-hetero) is 1. The summed E-state index contributed by atoms with van der Waals surface area (Å²) in [6, 6.07) is 18.8. The van der Waals surface area contributed by atoms with Crippen molar-refractivity contribution in [3.05, 3.63) is 89.2 Å². The predicted molar refractivity (Wildman–Crippen MR) is 208 cm³/mol. The van der Waals surface area contributed by atoms with Gasteiger partial charge in [0.2, 0.25) is 23.7 Å². The van der Waals surface area contributed by atoms with Crippen LogP contribution in [-0.4, -0.2) is 100 Å². The number of nitrogens with one attached hydrogen (secondary N) is 4. The second-order valence-corrected chi connectivity index (χ2v) is 14.2. The van der Waals surface area contributed by atoms with E-state index in [2.05, 4.69) is 58.2 Å². The van der Waals surface area contributed by atoms with E-state index in [1.165, 1.54) is 18.7 Å². The van der Waals surface area contributed by atoms with Crippen molar-refractivity contribution in [1.29, 1.82) is 0 Å². The molecule has 2 aromatic heterocycles. The average molecular weight is 751 g/mol. The van der Waals surface area contributed by atoms with Crippen molar-refractivity contribution < 1.29 is 19.2 Å². The number of hydrogen-bond acceptors (Lipinski definition) is 12. The minimum atomic E-state index is -0.397. The zero-order valence-corrected chi connectivity index (χ0v) is 30.8. The number of imide groups is 1. The van der Waals surface area contributed by atoms with Crippen molar-refractivity contribution in [2.24, 2.45) is 0 Å². The summed E-state index contributed by atoms with van der Waals surface area (Å²) in [6.45, 7) is 6.40. The number of benzene rings is 2. The number of carbonyl (C=O) groups excluding carboxylic acids is 4. The van der Waals surface area contributed by atoms with E-state index >= 15 is 0 Å². The summed E-state index contributed by atoms with van der Waals surface area (Å²) in [5.41, 5.74) is 4.23. The van der Waals surface area contributed by atoms with Crippen LogP contribution in [0.3, 0.4) is 0 Å². The summed E-state index contributed by atoms with van der Waals surface area (Å²) in [7, 11) is 0. The highest BCUT2D eigenvalue weighted by Crippen LogP contribution is 2.30. The van der Waals surface area contributed by atoms with Gasteiger partial charge < -0.3 is 25.8 Å². The molecule has 0 saturated carbocycles. The van der Waals surface area contributed by atoms with Gasteiger partial charge in [-0.1, -0.05) is 35.9 Å². The summed E-state index contributed by atoms with van der Waals surface area (Å²) < 4.78 is 0. The van der Waals surface area contributed by atoms with Gasteiger partial charge in [-0.15, -0.1) is 0 Å². The van der Waals surface area contributed by atoms with Gasteiger partial charge in [0.25, 0.3) is 0 Å². The lowest BCUT2D eigenvalue weighted by molar-refractivity contribution is -0.134. The average Bonchev–Trinajstić information content (AvgIpc) is 3.18. The highest BCUT2D eigenvalue weighted by molar-refractivity contribution is 6.33. The normalized spacial score (nSPS) is 18.2. The lowest BCUT2D eigenvalue weighted by Crippen LogP contribution is -2.51. The Morgan fingerprint density at radius 2 is 1.63 bits per heavy atom. The number of pyridine rings is 1. The number of halogens is 1. The molecule has 0 bridgehead atoms. The number of ketones is 1. The summed E-state index contributed by atoms with van der Waals surface area (Å²) in [5, 5.41) is 12.2. The van der Waals surface area contributed by atoms with E-state index in [4.69, 9.17) is 11.6 Å². The van der Waals surface area contributed by atoms with Crippen molar-refractivity contribution >= 4 is 69.8 Å². The molecule has 1 atom stereocenters. The van der Waals surface area contributed by atoms with E-state index in [0.29, 0.717) is 85.3 Å². The molecule has 0 spiro atoms. The SMILES string of the molecule is CC(=O)c1ccccc1Nc1nc(Nc2ccc(N3CCN(C(=O)CN4CCC(c5ccc(NC6CCC(=O)NC6=O)cc5)CC4)CC3)cn2)ncc1Cl. The van der Waals surface area contributed by atoms with Gasteiger partial charge in [0.05, 0.1) is 30.3 Å². The Balaban J connectivity index is 0.844. The second-order valence-electron chi connectivity index (χ2n) is 13.8. The Hall–Kier alpha value is -5.60. The lowest BCUT2D eigenvalue weighted by atomic mass is 9.89. The molecule has 0 aliphatic carbocycles. The maximum atomic E-state index is 13.3. The Labute approximate surface area is 318 Å². The van der Waals surface area contributed by atoms with Crippen molar-refractivity contribution in [3.63, 3.8) is 0 Å². The van der Waals surface area contributed by atoms with Crippen LogP contribution in [0.5, 0.6) is 0 Å². The Morgan fingerprint density at radius 1 is 0.870 bits per heavy atom. The van der Waals surface area contributed by atoms with E-state index in [0.717, 1.165) is 37.3 Å². The van der Waals surface area contributed by atoms with E-state index in [-0.39, 0.29) is 23.5 Å². The second kappa shape index (κ2) is 16.6. The number of hydrogen-bond donors (Lipinski definition) is 4. The molecule has 3 aliphatic rings. The standard InChI is InChI=1S/C39H43ClN10O4/c1-25(51)30-4-2-3-5-32(30)44-37-31(40)23-42-39(47-37)45-34-12-10-29(22-41-34)49-18-20-50(21-19-49)36(53)24-48-16-14-27(15-17-48)26-6-8-28(9-7-26)43-33-11-13-35(52)46-38(33)54/h2-10,12,22-23,27,33,43H,11,13-21,24H2,1H3,(H,46,52,54)(H2,41,42,44,45,47). The number of piperidine rings is 2. The van der Waals surface area contributed by atoms with Gasteiger partial charge in [-0.2, -0.15) is 4.98 Å². The van der Waals surface area contributed by atoms with Crippen LogP contribution in [0.15, 0.2) is 73.1 Å². The van der Waals surface area contributed by atoms with Crippen LogP contribution in [0.2, 0.25) is 5.02 Å². The molecule has 1 unspecified atom stereocenters. The molecule has 3 saturated heterocycles. The highest BCUT2D eigenvalue weighted by Gasteiger charge is 2.28. The minimum Gasteiger partial charge on any atom is -0.374 e. The number of likely N-dealkylation sites (tertiary alicyclic amines) is 1. The van der Waals surface area contributed by atoms with Gasteiger partial charge in [0.1, 0.15) is 16.9 Å². The first-order valence-electron chi connectivity index (χ1n) is 18.3. The molecule has 4 aromatic rings. The number of aromatic nitrogens is 3. The Bertz CT molecular complexity index is 2000. The third-order valence-corrected chi connectivity index (χ3v) is 10.5. The van der Waals surface area contributed by atoms with Crippen molar-refractivity contribution in [2.75, 3.05) is 66.7 Å². The molecule has 5 heterocycles. The monoisotopic (exact) mass is 750 g/mol. The largest absolute Gasteiger partial charge is 0.374 e. The van der Waals surface area contributed by atoms with E-state index in [1.54, 1.807) is 24.4 Å². The molecule has 7 rings (SSSR count). The number of nitrogens with zero attached hydrogens (tertiary/aromatic N) is 6. The summed E-state index contributed by atoms with van der Waals surface area (Å²) >= 11 is 6.36. The molecule has 280 valence electrons. The zero-order chi connectivity index (χ0) is 37.6. The van der Waals surface area contributed by atoms with Gasteiger partial charge in [0, 0.05) is 43.9 Å². The zero-order valence-electron chi connectivity index (χ0n) is 30.1. The number of para-hydroxylation sites is 1. The quantitative estimate of drug-likeness (QED) is 0.121. The molecule has 2 aromatic carbocycles. The molecular weight excluding hydrogens is 708 g/mol. The Kier molecular flexibility index (Phi) is 11.3. The van der Waals surface area contributed by atoms with Crippen LogP contribution in [0.25, 0.3) is 0 Å². The number of piperazine rings is 1. The summed E-state index contributed by atoms with van der Waals surface area (Å²) in [6.07, 6.45) is 6.09. The van der Waals surface area contributed by atoms with Crippen molar-refractivity contribution in [1.82, 2.24) is 30.1 Å². The fraction of sp³-hybridized carbons (Fsp3) is 0.359. The molecule has 15 heteroatoms. The topological polar surface area (TPSA) is 165 Å².